The van der Waals surface area contributed by atoms with Crippen LogP contribution >= 0.6 is 32.9 Å². The number of nitrogens with two attached hydrogens (primary N) is 1. The number of halogens is 2. The Morgan fingerprint density at radius 2 is 2.23 bits per heavy atom. The lowest BCUT2D eigenvalue weighted by atomic mass is 10.4. The van der Waals surface area contributed by atoms with E-state index in [1.54, 1.807) is 0 Å². The van der Waals surface area contributed by atoms with E-state index in [1.807, 2.05) is 28.8 Å². The molecule has 2 aromatic heterocycles. The second-order valence-electron chi connectivity index (χ2n) is 2.54. The molecule has 0 aliphatic rings. The van der Waals surface area contributed by atoms with Crippen molar-refractivity contribution in [2.75, 3.05) is 5.73 Å². The van der Waals surface area contributed by atoms with E-state index in [0.29, 0.717) is 5.82 Å². The number of hydrogen-bond donors (Lipinski definition) is 1. The van der Waals surface area contributed by atoms with E-state index in [0.717, 1.165) is 16.7 Å². The number of nitrogens with zero attached hydrogens (tertiary/aromatic N) is 2. The molecule has 0 saturated carbocycles. The van der Waals surface area contributed by atoms with Gasteiger partial charge in [-0.1, -0.05) is 22.0 Å². The van der Waals surface area contributed by atoms with Gasteiger partial charge in [0.25, 0.3) is 0 Å². The van der Waals surface area contributed by atoms with Gasteiger partial charge in [-0.2, -0.15) is 0 Å². The molecule has 0 radical (unpaired) electrons. The number of fused-ring (bicyclic) bond motifs is 1. The van der Waals surface area contributed by atoms with Gasteiger partial charge < -0.3 is 5.73 Å². The Labute approximate surface area is 94.9 Å². The molecule has 3 nitrogen and oxygen atoms in total. The summed E-state index contributed by atoms with van der Waals surface area (Å²) < 4.78 is 1.87. The molecule has 0 fully saturated rings. The fraction of sp³-hybridized carbons (Fsp3) is 0.125. The fourth-order valence-electron chi connectivity index (χ4n) is 1.15. The Morgan fingerprint density at radius 1 is 1.46 bits per heavy atom. The summed E-state index contributed by atoms with van der Waals surface area (Å²) in [6.45, 7) is 0. The van der Waals surface area contributed by atoms with Crippen molar-refractivity contribution in [2.24, 2.45) is 0 Å². The molecule has 0 aromatic carbocycles. The smallest absolute Gasteiger partial charge is 0.138 e. The van der Waals surface area contributed by atoms with Gasteiger partial charge in [-0.3, -0.25) is 4.40 Å². The van der Waals surface area contributed by atoms with Crippen LogP contribution in [0.4, 0.5) is 5.82 Å². The van der Waals surface area contributed by atoms with E-state index in [2.05, 4.69) is 20.9 Å². The number of aromatic nitrogens is 2. The molecule has 70 valence electrons. The van der Waals surface area contributed by atoms with Gasteiger partial charge in [0.2, 0.25) is 0 Å². The summed E-state index contributed by atoms with van der Waals surface area (Å²) in [4.78, 5) is 4.33. The summed E-state index contributed by atoms with van der Waals surface area (Å²) in [6.07, 6.45) is 1.93. The summed E-state index contributed by atoms with van der Waals surface area (Å²) >= 11 is 3.34. The van der Waals surface area contributed by atoms with E-state index < -0.39 is 0 Å². The number of anilines is 1. The molecule has 0 aliphatic carbocycles. The minimum atomic E-state index is 0. The lowest BCUT2D eigenvalue weighted by Crippen LogP contribution is -1.93. The third-order valence-electron chi connectivity index (χ3n) is 1.71. The normalized spacial score (nSPS) is 9.92. The van der Waals surface area contributed by atoms with Gasteiger partial charge >= 0.3 is 0 Å². The van der Waals surface area contributed by atoms with E-state index >= 15 is 0 Å². The lowest BCUT2D eigenvalue weighted by Gasteiger charge is -1.95. The summed E-state index contributed by atoms with van der Waals surface area (Å²) in [5.41, 5.74) is 7.62. The summed E-state index contributed by atoms with van der Waals surface area (Å²) in [6, 6.07) is 5.69. The van der Waals surface area contributed by atoms with Crippen LogP contribution in [0.5, 0.6) is 0 Å². The van der Waals surface area contributed by atoms with Crippen LogP contribution in [0, 0.1) is 0 Å². The molecular weight excluding hydrogens is 298 g/mol. The number of imidazole rings is 1. The monoisotopic (exact) mass is 305 g/mol. The first-order valence-corrected chi connectivity index (χ1v) is 4.72. The highest BCUT2D eigenvalue weighted by Gasteiger charge is 2.00. The minimum Gasteiger partial charge on any atom is -0.385 e. The standard InChI is InChI=1S/C8H8BrN3.BrH/c9-4-6-5-12-7(10)2-1-3-8(12)11-6;/h1-3,5H,4,10H2;1H. The maximum Gasteiger partial charge on any atom is 0.138 e. The van der Waals surface area contributed by atoms with E-state index in [1.165, 1.54) is 0 Å². The Morgan fingerprint density at radius 3 is 2.85 bits per heavy atom. The predicted octanol–water partition coefficient (Wildman–Crippen LogP) is 2.39. The Bertz CT molecular complexity index is 411. The molecule has 5 heteroatoms. The fourth-order valence-corrected chi connectivity index (χ4v) is 1.42. The molecule has 0 amide bonds. The van der Waals surface area contributed by atoms with Crippen LogP contribution in [0.25, 0.3) is 5.65 Å². The van der Waals surface area contributed by atoms with Crippen LogP contribution in [0.15, 0.2) is 24.4 Å². The summed E-state index contributed by atoms with van der Waals surface area (Å²) in [5, 5.41) is 0.758. The first-order valence-electron chi connectivity index (χ1n) is 3.59. The Hall–Kier alpha value is -0.550. The molecule has 13 heavy (non-hydrogen) atoms. The zero-order valence-corrected chi connectivity index (χ0v) is 10.1. The molecule has 0 aliphatic heterocycles. The molecule has 2 aromatic rings. The highest BCUT2D eigenvalue weighted by atomic mass is 79.9. The highest BCUT2D eigenvalue weighted by molar-refractivity contribution is 9.08. The molecule has 2 rings (SSSR count). The SMILES string of the molecule is Br.Nc1cccc2nc(CBr)cn12. The predicted molar refractivity (Wildman–Crippen MR) is 62.6 cm³/mol. The number of rotatable bonds is 1. The second-order valence-corrected chi connectivity index (χ2v) is 3.11. The van der Waals surface area contributed by atoms with Gasteiger partial charge in [0.1, 0.15) is 11.5 Å². The quantitative estimate of drug-likeness (QED) is 0.822. The van der Waals surface area contributed by atoms with Crippen LogP contribution < -0.4 is 5.73 Å². The maximum atomic E-state index is 5.73. The molecular formula is C8H9Br2N3. The molecule has 0 saturated heterocycles. The Balaban J connectivity index is 0.000000845. The largest absolute Gasteiger partial charge is 0.385 e. The molecule has 0 bridgehead atoms. The number of pyridine rings is 1. The first kappa shape index (κ1) is 10.5. The minimum absolute atomic E-state index is 0. The second kappa shape index (κ2) is 4.11. The van der Waals surface area contributed by atoms with Crippen LogP contribution in [-0.2, 0) is 5.33 Å². The van der Waals surface area contributed by atoms with Crippen LogP contribution in [0.3, 0.4) is 0 Å². The van der Waals surface area contributed by atoms with Crippen molar-refractivity contribution >= 4 is 44.4 Å². The summed E-state index contributed by atoms with van der Waals surface area (Å²) in [7, 11) is 0. The van der Waals surface area contributed by atoms with E-state index in [4.69, 9.17) is 5.73 Å². The number of nitrogen functional groups attached to an aromatic ring is 1. The molecule has 0 unspecified atom stereocenters. The van der Waals surface area contributed by atoms with Crippen LogP contribution in [0.1, 0.15) is 5.69 Å². The maximum absolute atomic E-state index is 5.73. The van der Waals surface area contributed by atoms with Crippen molar-refractivity contribution in [1.29, 1.82) is 0 Å². The van der Waals surface area contributed by atoms with Gasteiger partial charge in [-0.05, 0) is 12.1 Å². The van der Waals surface area contributed by atoms with Crippen LogP contribution in [0.2, 0.25) is 0 Å². The van der Waals surface area contributed by atoms with Gasteiger partial charge in [0, 0.05) is 11.5 Å². The lowest BCUT2D eigenvalue weighted by molar-refractivity contribution is 1.20. The van der Waals surface area contributed by atoms with Gasteiger partial charge in [-0.15, -0.1) is 17.0 Å². The van der Waals surface area contributed by atoms with Crippen molar-refractivity contribution in [3.8, 4) is 0 Å². The third kappa shape index (κ3) is 1.86. The molecule has 0 spiro atoms. The highest BCUT2D eigenvalue weighted by Crippen LogP contribution is 2.11. The van der Waals surface area contributed by atoms with Crippen molar-refractivity contribution in [2.45, 2.75) is 5.33 Å². The van der Waals surface area contributed by atoms with Gasteiger partial charge in [0.05, 0.1) is 5.69 Å². The zero-order valence-electron chi connectivity index (χ0n) is 6.77. The number of alkyl halides is 1. The average molecular weight is 307 g/mol. The zero-order chi connectivity index (χ0) is 8.55. The number of hydrogen-bond acceptors (Lipinski definition) is 2. The Kier molecular flexibility index (Phi) is 3.33. The van der Waals surface area contributed by atoms with E-state index in [9.17, 15) is 0 Å². The summed E-state index contributed by atoms with van der Waals surface area (Å²) in [5.74, 6) is 0.715. The van der Waals surface area contributed by atoms with Crippen molar-refractivity contribution in [3.63, 3.8) is 0 Å². The van der Waals surface area contributed by atoms with Crippen molar-refractivity contribution in [3.05, 3.63) is 30.1 Å². The average Bonchev–Trinajstić information content (AvgIpc) is 2.49. The molecule has 2 heterocycles. The van der Waals surface area contributed by atoms with Crippen LogP contribution in [-0.4, -0.2) is 9.38 Å². The molecule has 2 N–H and O–H groups in total. The van der Waals surface area contributed by atoms with E-state index in [-0.39, 0.29) is 17.0 Å². The van der Waals surface area contributed by atoms with Gasteiger partial charge in [0.15, 0.2) is 0 Å². The molecule has 0 atom stereocenters. The third-order valence-corrected chi connectivity index (χ3v) is 2.28. The van der Waals surface area contributed by atoms with Crippen molar-refractivity contribution < 1.29 is 0 Å². The van der Waals surface area contributed by atoms with Crippen molar-refractivity contribution in [1.82, 2.24) is 9.38 Å². The van der Waals surface area contributed by atoms with Gasteiger partial charge in [-0.25, -0.2) is 4.98 Å². The topological polar surface area (TPSA) is 43.3 Å². The first-order chi connectivity index (χ1) is 5.81.